The van der Waals surface area contributed by atoms with Gasteiger partial charge in [0.05, 0.1) is 12.8 Å². The van der Waals surface area contributed by atoms with Crippen LogP contribution in [0.1, 0.15) is 63.3 Å². The van der Waals surface area contributed by atoms with Crippen LogP contribution >= 0.6 is 0 Å². The zero-order chi connectivity index (χ0) is 21.9. The maximum atomic E-state index is 12.2. The molecule has 5 aliphatic rings. The number of carbonyl (C=O) groups excluding carboxylic acids is 1. The van der Waals surface area contributed by atoms with Gasteiger partial charge < -0.3 is 19.3 Å². The van der Waals surface area contributed by atoms with E-state index in [1.165, 1.54) is 0 Å². The highest BCUT2D eigenvalue weighted by Gasteiger charge is 2.69. The number of hydrogen-bond donors (Lipinski definition) is 1. The Balaban J connectivity index is 1.69. The van der Waals surface area contributed by atoms with Gasteiger partial charge in [-0.15, -0.1) is 0 Å². The second kappa shape index (κ2) is 6.69. The molecule has 1 saturated carbocycles. The Bertz CT molecular complexity index is 714. The van der Waals surface area contributed by atoms with Gasteiger partial charge in [0.2, 0.25) is 12.1 Å². The number of carboxylic acid groups (broad SMARTS) is 1. The molecule has 1 aliphatic carbocycles. The van der Waals surface area contributed by atoms with Crippen molar-refractivity contribution < 1.29 is 42.8 Å². The van der Waals surface area contributed by atoms with Crippen LogP contribution in [0.2, 0.25) is 0 Å². The lowest BCUT2D eigenvalue weighted by molar-refractivity contribution is -0.576. The molecule has 2 bridgehead atoms. The number of carbonyl (C=O) groups is 2. The molecule has 0 radical (unpaired) electrons. The van der Waals surface area contributed by atoms with E-state index in [4.69, 9.17) is 33.2 Å². The quantitative estimate of drug-likeness (QED) is 0.580. The fourth-order valence-electron chi connectivity index (χ4n) is 5.12. The van der Waals surface area contributed by atoms with Crippen molar-refractivity contribution in [2.75, 3.05) is 0 Å². The Labute approximate surface area is 162 Å². The molecule has 0 amide bonds. The third kappa shape index (κ3) is 3.06. The van der Waals surface area contributed by atoms with Crippen molar-refractivity contribution in [3.63, 3.8) is 0 Å². The number of hydrogen-bond acceptors (Lipinski definition) is 7. The van der Waals surface area contributed by atoms with Crippen LogP contribution in [-0.4, -0.2) is 41.0 Å². The van der Waals surface area contributed by atoms with Gasteiger partial charge in [-0.25, -0.2) is 9.78 Å². The Morgan fingerprint density at radius 3 is 2.78 bits per heavy atom. The Hall–Kier alpha value is -1.22. The molecule has 152 valence electrons. The normalized spacial score (nSPS) is 50.5. The topological polar surface area (TPSA) is 101 Å². The smallest absolute Gasteiger partial charge is 0.308 e. The highest BCUT2D eigenvalue weighted by Crippen LogP contribution is 2.60. The molecule has 4 aliphatic heterocycles. The summed E-state index contributed by atoms with van der Waals surface area (Å²) in [4.78, 5) is 34.6. The number of fused-ring (bicyclic) bond motifs is 2. The lowest BCUT2D eigenvalue weighted by Gasteiger charge is -2.59. The Morgan fingerprint density at radius 1 is 1.22 bits per heavy atom. The fourth-order valence-corrected chi connectivity index (χ4v) is 5.12. The van der Waals surface area contributed by atoms with E-state index >= 15 is 0 Å². The van der Waals surface area contributed by atoms with Crippen molar-refractivity contribution >= 4 is 11.9 Å². The first-order valence-corrected chi connectivity index (χ1v) is 9.58. The summed E-state index contributed by atoms with van der Waals surface area (Å²) in [5, 5.41) is 8.80. The number of aliphatic carboxylic acids is 1. The summed E-state index contributed by atoms with van der Waals surface area (Å²) in [6, 6.07) is 0. The van der Waals surface area contributed by atoms with Gasteiger partial charge in [-0.1, -0.05) is 13.8 Å². The van der Waals surface area contributed by atoms with E-state index in [1.807, 2.05) is 0 Å². The summed E-state index contributed by atoms with van der Waals surface area (Å²) in [6.45, 7) is 1.35. The van der Waals surface area contributed by atoms with Gasteiger partial charge in [0.15, 0.2) is 11.9 Å². The zero-order valence-electron chi connectivity index (χ0n) is 18.5. The third-order valence-corrected chi connectivity index (χ3v) is 6.55. The number of esters is 1. The number of ether oxygens (including phenoxy) is 3. The van der Waals surface area contributed by atoms with Crippen molar-refractivity contribution in [1.29, 1.82) is 0 Å². The fraction of sp³-hybridized carbons (Fsp3) is 0.895. The Kier molecular flexibility index (Phi) is 3.88. The molecule has 8 atom stereocenters. The van der Waals surface area contributed by atoms with E-state index in [-0.39, 0.29) is 18.3 Å². The molecule has 0 aromatic heterocycles. The summed E-state index contributed by atoms with van der Waals surface area (Å²) in [5.41, 5.74) is -1.10. The van der Waals surface area contributed by atoms with E-state index in [9.17, 15) is 9.59 Å². The summed E-state index contributed by atoms with van der Waals surface area (Å²) in [6.07, 6.45) is -0.480. The van der Waals surface area contributed by atoms with Crippen LogP contribution in [0.4, 0.5) is 0 Å². The number of rotatable bonds is 4. The monoisotopic (exact) mass is 387 g/mol. The SMILES string of the molecule is [2H]C([2H])([2H])[C@@H]1[C@@H](OC(=O)CCC(=O)O)O[C@H]2O[C@]3(C)CC[C@@H]4[C@@H](C)CC[C@H]1[C@]24OO3. The van der Waals surface area contributed by atoms with Crippen LogP contribution in [-0.2, 0) is 33.6 Å². The Morgan fingerprint density at radius 2 is 2.04 bits per heavy atom. The first kappa shape index (κ1) is 15.7. The van der Waals surface area contributed by atoms with Gasteiger partial charge in [0.1, 0.15) is 0 Å². The average molecular weight is 387 g/mol. The van der Waals surface area contributed by atoms with Gasteiger partial charge in [-0.3, -0.25) is 9.59 Å². The lowest BCUT2D eigenvalue weighted by atomic mass is 9.58. The van der Waals surface area contributed by atoms with E-state index in [1.54, 1.807) is 6.92 Å². The molecule has 1 spiro atoms. The average Bonchev–Trinajstić information content (AvgIpc) is 2.86. The van der Waals surface area contributed by atoms with Crippen molar-refractivity contribution in [2.24, 2.45) is 23.7 Å². The zero-order valence-corrected chi connectivity index (χ0v) is 15.5. The highest BCUT2D eigenvalue weighted by atomic mass is 17.3. The maximum Gasteiger partial charge on any atom is 0.308 e. The third-order valence-electron chi connectivity index (χ3n) is 6.55. The first-order valence-electron chi connectivity index (χ1n) is 11.1. The van der Waals surface area contributed by atoms with Crippen molar-refractivity contribution in [3.05, 3.63) is 0 Å². The molecule has 4 heterocycles. The molecular weight excluding hydrogens is 356 g/mol. The minimum Gasteiger partial charge on any atom is -0.481 e. The van der Waals surface area contributed by atoms with Gasteiger partial charge >= 0.3 is 11.9 Å². The molecule has 0 aromatic rings. The van der Waals surface area contributed by atoms with E-state index in [0.29, 0.717) is 12.8 Å². The van der Waals surface area contributed by atoms with Crippen molar-refractivity contribution in [1.82, 2.24) is 0 Å². The van der Waals surface area contributed by atoms with Crippen LogP contribution in [0.3, 0.4) is 0 Å². The maximum absolute atomic E-state index is 12.2. The largest absolute Gasteiger partial charge is 0.481 e. The minimum atomic E-state index is -2.50. The van der Waals surface area contributed by atoms with E-state index in [2.05, 4.69) is 6.92 Å². The van der Waals surface area contributed by atoms with Gasteiger partial charge in [-0.05, 0) is 38.0 Å². The summed E-state index contributed by atoms with van der Waals surface area (Å²) >= 11 is 0. The first-order chi connectivity index (χ1) is 14.0. The van der Waals surface area contributed by atoms with Crippen LogP contribution in [0.25, 0.3) is 0 Å². The van der Waals surface area contributed by atoms with Crippen molar-refractivity contribution in [3.8, 4) is 0 Å². The lowest BCUT2D eigenvalue weighted by Crippen LogP contribution is -2.70. The van der Waals surface area contributed by atoms with Crippen LogP contribution in [0, 0.1) is 23.7 Å². The van der Waals surface area contributed by atoms with E-state index < -0.39 is 61.0 Å². The van der Waals surface area contributed by atoms with Crippen LogP contribution < -0.4 is 0 Å². The van der Waals surface area contributed by atoms with Crippen molar-refractivity contribution in [2.45, 2.75) is 83.2 Å². The predicted molar refractivity (Wildman–Crippen MR) is 89.8 cm³/mol. The van der Waals surface area contributed by atoms with Gasteiger partial charge in [-0.2, -0.15) is 0 Å². The summed E-state index contributed by atoms with van der Waals surface area (Å²) < 4.78 is 41.9. The highest BCUT2D eigenvalue weighted by molar-refractivity contribution is 5.76. The summed E-state index contributed by atoms with van der Waals surface area (Å²) in [7, 11) is 0. The molecule has 0 unspecified atom stereocenters. The predicted octanol–water partition coefficient (Wildman–Crippen LogP) is 2.60. The second-order valence-corrected chi connectivity index (χ2v) is 8.32. The summed E-state index contributed by atoms with van der Waals surface area (Å²) in [5.74, 6) is -4.46. The molecule has 4 saturated heterocycles. The molecule has 1 N–H and O–H groups in total. The molecule has 5 rings (SSSR count). The molecule has 27 heavy (non-hydrogen) atoms. The molecule has 5 fully saturated rings. The van der Waals surface area contributed by atoms with Gasteiger partial charge in [0, 0.05) is 22.4 Å². The molecular formula is C19H28O8. The number of carboxylic acids is 1. The minimum absolute atomic E-state index is 0.0286. The molecule has 8 heteroatoms. The van der Waals surface area contributed by atoms with E-state index in [0.717, 1.165) is 12.8 Å². The van der Waals surface area contributed by atoms with Gasteiger partial charge in [0.25, 0.3) is 0 Å². The van der Waals surface area contributed by atoms with Crippen LogP contribution in [0.5, 0.6) is 0 Å². The molecule has 8 nitrogen and oxygen atoms in total. The van der Waals surface area contributed by atoms with Crippen LogP contribution in [0.15, 0.2) is 0 Å². The standard InChI is InChI=1S/C19H28O8/c1-10-4-5-13-11(2)16(23-15(22)7-6-14(20)21)24-17-19(13)12(10)8-9-18(3,25-17)26-27-19/h10-13,16-17H,4-9H2,1-3H3,(H,20,21)/t10-,11-,12+,13+,16-,17-,18-,19-/m0/s1/i2D3. The molecule has 0 aromatic carbocycles. The second-order valence-electron chi connectivity index (χ2n) is 8.32.